The number of carbonyl (C=O) groups excluding carboxylic acids is 2. The Morgan fingerprint density at radius 3 is 2.62 bits per heavy atom. The number of hydrogen-bond acceptors (Lipinski definition) is 6. The van der Waals surface area contributed by atoms with Crippen LogP contribution >= 0.6 is 11.6 Å². The molecule has 0 saturated carbocycles. The SMILES string of the molecule is C#COC(=O)N1CCC(Oc2cc(C(=O)NCc3ccc(Cl)cc3)ncc2CNC)CC1. The third-order valence-corrected chi connectivity index (χ3v) is 5.30. The van der Waals surface area contributed by atoms with E-state index in [1.807, 2.05) is 25.3 Å². The van der Waals surface area contributed by atoms with Gasteiger partial charge in [-0.05, 0) is 24.7 Å². The lowest BCUT2D eigenvalue weighted by atomic mass is 10.1. The normalized spacial score (nSPS) is 13.8. The number of rotatable bonds is 7. The van der Waals surface area contributed by atoms with Crippen molar-refractivity contribution in [3.63, 3.8) is 0 Å². The number of piperidine rings is 1. The molecule has 0 atom stereocenters. The van der Waals surface area contributed by atoms with Crippen LogP contribution in [0.1, 0.15) is 34.5 Å². The number of nitrogens with one attached hydrogen (secondary N) is 2. The first-order valence-electron chi connectivity index (χ1n) is 10.2. The highest BCUT2D eigenvalue weighted by Gasteiger charge is 2.25. The van der Waals surface area contributed by atoms with Gasteiger partial charge in [-0.3, -0.25) is 9.78 Å². The fraction of sp³-hybridized carbons (Fsp3) is 0.348. The summed E-state index contributed by atoms with van der Waals surface area (Å²) in [6.45, 7) is 1.86. The Morgan fingerprint density at radius 1 is 1.25 bits per heavy atom. The number of likely N-dealkylation sites (tertiary alicyclic amines) is 1. The molecule has 0 unspecified atom stereocenters. The second-order valence-corrected chi connectivity index (χ2v) is 7.74. The molecule has 1 aliphatic heterocycles. The van der Waals surface area contributed by atoms with E-state index >= 15 is 0 Å². The quantitative estimate of drug-likeness (QED) is 0.622. The molecule has 0 bridgehead atoms. The predicted octanol–water partition coefficient (Wildman–Crippen LogP) is 2.95. The molecule has 168 valence electrons. The molecule has 3 rings (SSSR count). The van der Waals surface area contributed by atoms with Crippen LogP contribution < -0.4 is 15.4 Å². The van der Waals surface area contributed by atoms with Crippen molar-refractivity contribution in [2.24, 2.45) is 0 Å². The van der Waals surface area contributed by atoms with Gasteiger partial charge in [0.15, 0.2) is 0 Å². The molecule has 1 aromatic heterocycles. The van der Waals surface area contributed by atoms with Crippen molar-refractivity contribution in [2.45, 2.75) is 32.0 Å². The average molecular weight is 457 g/mol. The minimum absolute atomic E-state index is 0.104. The Labute approximate surface area is 192 Å². The van der Waals surface area contributed by atoms with E-state index in [2.05, 4.69) is 20.4 Å². The summed E-state index contributed by atoms with van der Waals surface area (Å²) in [4.78, 5) is 30.2. The molecule has 2 amide bonds. The number of ether oxygens (including phenoxy) is 2. The maximum atomic E-state index is 12.6. The van der Waals surface area contributed by atoms with Crippen LogP contribution in [0.5, 0.6) is 5.75 Å². The highest BCUT2D eigenvalue weighted by molar-refractivity contribution is 6.30. The molecule has 9 heteroatoms. The largest absolute Gasteiger partial charge is 0.490 e. The van der Waals surface area contributed by atoms with Crippen molar-refractivity contribution in [3.05, 3.63) is 58.4 Å². The number of aromatic nitrogens is 1. The van der Waals surface area contributed by atoms with E-state index in [0.717, 1.165) is 11.1 Å². The maximum Gasteiger partial charge on any atom is 0.423 e. The number of hydrogen-bond donors (Lipinski definition) is 2. The first-order valence-corrected chi connectivity index (χ1v) is 10.6. The number of terminal acetylenes is 1. The summed E-state index contributed by atoms with van der Waals surface area (Å²) in [5.74, 6) is 0.295. The Hall–Kier alpha value is -3.28. The molecule has 1 aliphatic rings. The molecule has 32 heavy (non-hydrogen) atoms. The minimum atomic E-state index is -0.523. The van der Waals surface area contributed by atoms with Gasteiger partial charge in [0.2, 0.25) is 0 Å². The molecule has 1 fully saturated rings. The van der Waals surface area contributed by atoms with Gasteiger partial charge in [0.1, 0.15) is 23.7 Å². The van der Waals surface area contributed by atoms with Gasteiger partial charge in [-0.25, -0.2) is 4.79 Å². The zero-order chi connectivity index (χ0) is 22.9. The van der Waals surface area contributed by atoms with E-state index in [1.165, 1.54) is 0 Å². The molecular weight excluding hydrogens is 432 g/mol. The Bertz CT molecular complexity index is 982. The van der Waals surface area contributed by atoms with Crippen LogP contribution in [0, 0.1) is 12.5 Å². The second-order valence-electron chi connectivity index (χ2n) is 7.31. The van der Waals surface area contributed by atoms with Gasteiger partial charge >= 0.3 is 6.09 Å². The van der Waals surface area contributed by atoms with Crippen molar-refractivity contribution in [2.75, 3.05) is 20.1 Å². The molecular formula is C23H25ClN4O4. The van der Waals surface area contributed by atoms with Crippen LogP contribution in [-0.4, -0.2) is 48.1 Å². The zero-order valence-electron chi connectivity index (χ0n) is 17.8. The summed E-state index contributed by atoms with van der Waals surface area (Å²) >= 11 is 5.90. The molecule has 2 aromatic rings. The number of benzene rings is 1. The van der Waals surface area contributed by atoms with Crippen molar-refractivity contribution in [1.29, 1.82) is 0 Å². The lowest BCUT2D eigenvalue weighted by Gasteiger charge is -2.31. The summed E-state index contributed by atoms with van der Waals surface area (Å²) in [5.41, 5.74) is 2.04. The van der Waals surface area contributed by atoms with E-state index in [1.54, 1.807) is 29.3 Å². The topological polar surface area (TPSA) is 92.8 Å². The number of halogens is 1. The van der Waals surface area contributed by atoms with Gasteiger partial charge in [-0.2, -0.15) is 0 Å². The Balaban J connectivity index is 1.64. The van der Waals surface area contributed by atoms with Crippen LogP contribution in [0.3, 0.4) is 0 Å². The van der Waals surface area contributed by atoms with Crippen LogP contribution in [0.15, 0.2) is 36.5 Å². The molecule has 1 saturated heterocycles. The number of amides is 2. The lowest BCUT2D eigenvalue weighted by Crippen LogP contribution is -2.41. The predicted molar refractivity (Wildman–Crippen MR) is 120 cm³/mol. The molecule has 2 N–H and O–H groups in total. The van der Waals surface area contributed by atoms with Crippen molar-refractivity contribution >= 4 is 23.6 Å². The second kappa shape index (κ2) is 11.4. The molecule has 0 radical (unpaired) electrons. The van der Waals surface area contributed by atoms with E-state index in [4.69, 9.17) is 22.8 Å². The molecule has 8 nitrogen and oxygen atoms in total. The standard InChI is InChI=1S/C23H25ClN4O4/c1-3-31-23(30)28-10-8-19(9-11-28)32-21-12-20(26-15-17(21)14-25-2)22(29)27-13-16-4-6-18(24)7-5-16/h1,4-7,12,15,19,25H,8-11,13-14H2,2H3,(H,27,29). The van der Waals surface area contributed by atoms with Crippen LogP contribution in [0.4, 0.5) is 4.79 Å². The maximum absolute atomic E-state index is 12.6. The third kappa shape index (κ3) is 6.36. The Kier molecular flexibility index (Phi) is 8.31. The van der Waals surface area contributed by atoms with E-state index in [0.29, 0.717) is 49.8 Å². The lowest BCUT2D eigenvalue weighted by molar-refractivity contribution is 0.0872. The van der Waals surface area contributed by atoms with Crippen LogP contribution in [0.25, 0.3) is 0 Å². The number of carbonyl (C=O) groups is 2. The molecule has 0 aliphatic carbocycles. The van der Waals surface area contributed by atoms with E-state index < -0.39 is 6.09 Å². The highest BCUT2D eigenvalue weighted by atomic mass is 35.5. The average Bonchev–Trinajstić information content (AvgIpc) is 2.80. The van der Waals surface area contributed by atoms with Crippen LogP contribution in [0.2, 0.25) is 5.02 Å². The van der Waals surface area contributed by atoms with Crippen molar-refractivity contribution in [3.8, 4) is 18.3 Å². The van der Waals surface area contributed by atoms with Gasteiger partial charge in [-0.15, -0.1) is 0 Å². The van der Waals surface area contributed by atoms with E-state index in [9.17, 15) is 9.59 Å². The molecule has 1 aromatic carbocycles. The fourth-order valence-corrected chi connectivity index (χ4v) is 3.47. The van der Waals surface area contributed by atoms with Gasteiger partial charge in [-0.1, -0.05) is 30.2 Å². The van der Waals surface area contributed by atoms with Gasteiger partial charge in [0.05, 0.1) is 0 Å². The summed E-state index contributed by atoms with van der Waals surface area (Å²) in [7, 11) is 1.83. The van der Waals surface area contributed by atoms with Crippen LogP contribution in [-0.2, 0) is 17.8 Å². The summed E-state index contributed by atoms with van der Waals surface area (Å²) < 4.78 is 10.8. The third-order valence-electron chi connectivity index (χ3n) is 5.05. The molecule has 2 heterocycles. The van der Waals surface area contributed by atoms with Crippen molar-refractivity contribution in [1.82, 2.24) is 20.5 Å². The minimum Gasteiger partial charge on any atom is -0.490 e. The van der Waals surface area contributed by atoms with Gasteiger partial charge in [0, 0.05) is 61.9 Å². The summed E-state index contributed by atoms with van der Waals surface area (Å²) in [6, 6.07) is 8.91. The first kappa shape index (κ1) is 23.4. The highest BCUT2D eigenvalue weighted by Crippen LogP contribution is 2.24. The zero-order valence-corrected chi connectivity index (χ0v) is 18.5. The number of nitrogens with zero attached hydrogens (tertiary/aromatic N) is 2. The van der Waals surface area contributed by atoms with Gasteiger partial charge in [0.25, 0.3) is 5.91 Å². The fourth-order valence-electron chi connectivity index (χ4n) is 3.35. The van der Waals surface area contributed by atoms with Gasteiger partial charge < -0.3 is 25.0 Å². The summed E-state index contributed by atoms with van der Waals surface area (Å²) in [5, 5.41) is 6.58. The monoisotopic (exact) mass is 456 g/mol. The molecule has 0 spiro atoms. The van der Waals surface area contributed by atoms with Crippen molar-refractivity contribution < 1.29 is 19.1 Å². The van der Waals surface area contributed by atoms with E-state index in [-0.39, 0.29) is 17.7 Å². The smallest absolute Gasteiger partial charge is 0.423 e. The first-order chi connectivity index (χ1) is 15.5. The number of pyridine rings is 1. The summed E-state index contributed by atoms with van der Waals surface area (Å²) in [6.07, 6.45) is 9.18. The Morgan fingerprint density at radius 2 is 1.97 bits per heavy atom.